The first-order chi connectivity index (χ1) is 13.6. The van der Waals surface area contributed by atoms with E-state index in [4.69, 9.17) is 4.98 Å². The summed E-state index contributed by atoms with van der Waals surface area (Å²) in [6.07, 6.45) is 3.46. The summed E-state index contributed by atoms with van der Waals surface area (Å²) in [6, 6.07) is 14.9. The number of aromatic carboxylic acids is 1. The first kappa shape index (κ1) is 18.2. The Morgan fingerprint density at radius 1 is 1.04 bits per heavy atom. The van der Waals surface area contributed by atoms with E-state index >= 15 is 0 Å². The summed E-state index contributed by atoms with van der Waals surface area (Å²) in [4.78, 5) is 19.8. The molecule has 7 heteroatoms. The Labute approximate surface area is 164 Å². The van der Waals surface area contributed by atoms with E-state index in [0.29, 0.717) is 12.3 Å². The summed E-state index contributed by atoms with van der Waals surface area (Å²) >= 11 is 1.56. The molecule has 2 heterocycles. The number of aromatic nitrogens is 3. The van der Waals surface area contributed by atoms with Crippen LogP contribution in [-0.4, -0.2) is 20.5 Å². The first-order valence-corrected chi connectivity index (χ1v) is 9.56. The minimum atomic E-state index is -1.20. The third-order valence-corrected chi connectivity index (χ3v) is 5.37. The number of carboxylic acids is 1. The van der Waals surface area contributed by atoms with Gasteiger partial charge < -0.3 is 14.5 Å². The van der Waals surface area contributed by atoms with Crippen molar-refractivity contribution in [3.05, 3.63) is 89.5 Å². The summed E-state index contributed by atoms with van der Waals surface area (Å²) in [5.41, 5.74) is 3.82. The fourth-order valence-electron chi connectivity index (χ4n) is 2.87. The number of nitrogens with zero attached hydrogens (tertiary/aromatic N) is 3. The molecule has 0 aliphatic heterocycles. The second kappa shape index (κ2) is 7.82. The Kier molecular flexibility index (Phi) is 5.08. The highest BCUT2D eigenvalue weighted by Gasteiger charge is 2.12. The van der Waals surface area contributed by atoms with Crippen molar-refractivity contribution in [3.63, 3.8) is 0 Å². The van der Waals surface area contributed by atoms with Crippen molar-refractivity contribution in [3.8, 4) is 0 Å². The minimum absolute atomic E-state index is 0.145. The number of hydrogen-bond donors (Lipinski definition) is 0. The molecule has 0 unspecified atom stereocenters. The molecule has 0 bridgehead atoms. The number of rotatable bonds is 6. The van der Waals surface area contributed by atoms with Gasteiger partial charge >= 0.3 is 0 Å². The number of fused-ring (bicyclic) bond motifs is 1. The predicted molar refractivity (Wildman–Crippen MR) is 103 cm³/mol. The molecule has 4 aromatic rings. The van der Waals surface area contributed by atoms with Gasteiger partial charge in [-0.2, -0.15) is 0 Å². The van der Waals surface area contributed by atoms with Gasteiger partial charge in [-0.05, 0) is 34.9 Å². The van der Waals surface area contributed by atoms with E-state index in [-0.39, 0.29) is 11.4 Å². The van der Waals surface area contributed by atoms with Crippen molar-refractivity contribution in [1.29, 1.82) is 0 Å². The number of pyridine rings is 1. The van der Waals surface area contributed by atoms with Crippen LogP contribution >= 0.6 is 11.8 Å². The highest BCUT2D eigenvalue weighted by Crippen LogP contribution is 2.27. The van der Waals surface area contributed by atoms with E-state index in [1.807, 2.05) is 10.6 Å². The zero-order chi connectivity index (χ0) is 19.5. The van der Waals surface area contributed by atoms with Crippen LogP contribution in [0, 0.1) is 5.82 Å². The molecule has 0 radical (unpaired) electrons. The number of carbonyl (C=O) groups excluding carboxylic acids is 1. The Balaban J connectivity index is 1.62. The maximum Gasteiger partial charge on any atom is 0.169 e. The Morgan fingerprint density at radius 2 is 1.75 bits per heavy atom. The molecule has 140 valence electrons. The summed E-state index contributed by atoms with van der Waals surface area (Å²) in [5.74, 6) is -0.799. The van der Waals surface area contributed by atoms with Crippen LogP contribution in [0.25, 0.3) is 11.0 Å². The molecule has 0 aliphatic rings. The predicted octanol–water partition coefficient (Wildman–Crippen LogP) is 3.27. The lowest BCUT2D eigenvalue weighted by molar-refractivity contribution is -0.255. The molecule has 0 amide bonds. The largest absolute Gasteiger partial charge is 0.545 e. The maximum atomic E-state index is 13.1. The van der Waals surface area contributed by atoms with Gasteiger partial charge in [0.2, 0.25) is 0 Å². The van der Waals surface area contributed by atoms with Crippen molar-refractivity contribution in [1.82, 2.24) is 14.5 Å². The molecule has 0 saturated carbocycles. The van der Waals surface area contributed by atoms with Gasteiger partial charge in [-0.25, -0.2) is 9.37 Å². The van der Waals surface area contributed by atoms with Crippen molar-refractivity contribution < 1.29 is 14.3 Å². The average Bonchev–Trinajstić information content (AvgIpc) is 3.05. The standard InChI is InChI=1S/C21H16FN3O2S/c22-17-7-3-15(4-8-17)13-28-21-24-18-9-10-23-11-19(18)25(21)12-14-1-5-16(6-2-14)20(26)27/h1-11H,12-13H2,(H,26,27)/p-1. The number of imidazole rings is 1. The van der Waals surface area contributed by atoms with Gasteiger partial charge in [-0.1, -0.05) is 48.2 Å². The maximum absolute atomic E-state index is 13.1. The molecule has 0 saturated heterocycles. The number of halogens is 1. The van der Waals surface area contributed by atoms with Crippen LogP contribution in [0.2, 0.25) is 0 Å². The van der Waals surface area contributed by atoms with Gasteiger partial charge in [-0.15, -0.1) is 0 Å². The van der Waals surface area contributed by atoms with Crippen LogP contribution in [0.15, 0.2) is 72.1 Å². The van der Waals surface area contributed by atoms with Crippen LogP contribution in [-0.2, 0) is 12.3 Å². The van der Waals surface area contributed by atoms with Crippen LogP contribution in [0.1, 0.15) is 21.5 Å². The van der Waals surface area contributed by atoms with Crippen LogP contribution in [0.5, 0.6) is 0 Å². The van der Waals surface area contributed by atoms with Crippen molar-refractivity contribution >= 4 is 28.8 Å². The second-order valence-corrected chi connectivity index (χ2v) is 7.19. The summed E-state index contributed by atoms with van der Waals surface area (Å²) in [7, 11) is 0. The minimum Gasteiger partial charge on any atom is -0.545 e. The van der Waals surface area contributed by atoms with Gasteiger partial charge in [0.25, 0.3) is 0 Å². The Bertz CT molecular complexity index is 1120. The highest BCUT2D eigenvalue weighted by molar-refractivity contribution is 7.98. The molecule has 0 fully saturated rings. The van der Waals surface area contributed by atoms with E-state index < -0.39 is 5.97 Å². The van der Waals surface area contributed by atoms with Crippen LogP contribution in [0.4, 0.5) is 4.39 Å². The second-order valence-electron chi connectivity index (χ2n) is 6.24. The van der Waals surface area contributed by atoms with Crippen molar-refractivity contribution in [2.45, 2.75) is 17.5 Å². The number of carboxylic acid groups (broad SMARTS) is 1. The van der Waals surface area contributed by atoms with Gasteiger partial charge in [0.15, 0.2) is 5.16 Å². The molecular weight excluding hydrogens is 377 g/mol. The molecular formula is C21H15FN3O2S-. The smallest absolute Gasteiger partial charge is 0.169 e. The van der Waals surface area contributed by atoms with E-state index in [1.54, 1.807) is 48.4 Å². The molecule has 4 rings (SSSR count). The summed E-state index contributed by atoms with van der Waals surface area (Å²) in [5, 5.41) is 11.8. The third kappa shape index (κ3) is 3.89. The quantitative estimate of drug-likeness (QED) is 0.471. The van der Waals surface area contributed by atoms with Gasteiger partial charge in [0, 0.05) is 11.9 Å². The lowest BCUT2D eigenvalue weighted by Gasteiger charge is -2.10. The van der Waals surface area contributed by atoms with Gasteiger partial charge in [0.1, 0.15) is 5.82 Å². The molecule has 0 N–H and O–H groups in total. The number of thioether (sulfide) groups is 1. The summed E-state index contributed by atoms with van der Waals surface area (Å²) in [6.45, 7) is 0.529. The number of benzene rings is 2. The number of carbonyl (C=O) groups is 1. The molecule has 2 aromatic carbocycles. The van der Waals surface area contributed by atoms with Crippen LogP contribution in [0.3, 0.4) is 0 Å². The first-order valence-electron chi connectivity index (χ1n) is 8.58. The zero-order valence-corrected chi connectivity index (χ0v) is 15.5. The lowest BCUT2D eigenvalue weighted by atomic mass is 10.1. The highest BCUT2D eigenvalue weighted by atomic mass is 32.2. The molecule has 0 atom stereocenters. The van der Waals surface area contributed by atoms with E-state index in [1.165, 1.54) is 24.3 Å². The normalized spacial score (nSPS) is 11.0. The van der Waals surface area contributed by atoms with Crippen molar-refractivity contribution in [2.75, 3.05) is 0 Å². The van der Waals surface area contributed by atoms with E-state index in [2.05, 4.69) is 4.98 Å². The number of hydrogen-bond acceptors (Lipinski definition) is 5. The van der Waals surface area contributed by atoms with E-state index in [0.717, 1.165) is 27.3 Å². The Hall–Kier alpha value is -3.19. The fraction of sp³-hybridized carbons (Fsp3) is 0.0952. The molecule has 0 aliphatic carbocycles. The van der Waals surface area contributed by atoms with Crippen LogP contribution < -0.4 is 5.11 Å². The Morgan fingerprint density at radius 3 is 2.46 bits per heavy atom. The van der Waals surface area contributed by atoms with E-state index in [9.17, 15) is 14.3 Å². The molecule has 5 nitrogen and oxygen atoms in total. The zero-order valence-electron chi connectivity index (χ0n) is 14.7. The fourth-order valence-corrected chi connectivity index (χ4v) is 3.84. The monoisotopic (exact) mass is 392 g/mol. The molecule has 28 heavy (non-hydrogen) atoms. The lowest BCUT2D eigenvalue weighted by Crippen LogP contribution is -2.22. The van der Waals surface area contributed by atoms with Gasteiger partial charge in [0.05, 0.1) is 29.7 Å². The van der Waals surface area contributed by atoms with Crippen molar-refractivity contribution in [2.24, 2.45) is 0 Å². The summed E-state index contributed by atoms with van der Waals surface area (Å²) < 4.78 is 15.1. The topological polar surface area (TPSA) is 70.8 Å². The third-order valence-electron chi connectivity index (χ3n) is 4.33. The van der Waals surface area contributed by atoms with Gasteiger partial charge in [-0.3, -0.25) is 4.98 Å². The molecule has 0 spiro atoms. The molecule has 2 aromatic heterocycles. The average molecular weight is 392 g/mol. The SMILES string of the molecule is O=C([O-])c1ccc(Cn2c(SCc3ccc(F)cc3)nc3ccncc32)cc1.